The van der Waals surface area contributed by atoms with Crippen LogP contribution in [-0.4, -0.2) is 44.0 Å². The van der Waals surface area contributed by atoms with Crippen LogP contribution in [0.25, 0.3) is 0 Å². The molecule has 2 rings (SSSR count). The van der Waals surface area contributed by atoms with Crippen LogP contribution in [0.3, 0.4) is 0 Å². The highest BCUT2D eigenvalue weighted by Crippen LogP contribution is 2.17. The van der Waals surface area contributed by atoms with Crippen LogP contribution >= 0.6 is 15.9 Å². The number of hydrogen-bond acceptors (Lipinski definition) is 4. The molecule has 1 saturated heterocycles. The van der Waals surface area contributed by atoms with Gasteiger partial charge >= 0.3 is 0 Å². The Hall–Kier alpha value is -0.500. The summed E-state index contributed by atoms with van der Waals surface area (Å²) < 4.78 is 28.0. The molecular weight excluding hydrogens is 342 g/mol. The molecule has 0 bridgehead atoms. The molecule has 1 aromatic heterocycles. The van der Waals surface area contributed by atoms with E-state index in [1.54, 1.807) is 12.3 Å². The summed E-state index contributed by atoms with van der Waals surface area (Å²) in [5.74, 6) is 0. The second-order valence-electron chi connectivity index (χ2n) is 5.08. The third kappa shape index (κ3) is 4.25. The molecule has 1 N–H and O–H groups in total. The monoisotopic (exact) mass is 361 g/mol. The van der Waals surface area contributed by atoms with Crippen LogP contribution < -0.4 is 4.72 Å². The molecule has 1 aromatic rings. The number of pyridine rings is 1. The smallest absolute Gasteiger partial charge is 0.242 e. The van der Waals surface area contributed by atoms with Crippen LogP contribution in [0.2, 0.25) is 0 Å². The van der Waals surface area contributed by atoms with Crippen molar-refractivity contribution >= 4 is 26.0 Å². The number of nitrogens with zero attached hydrogens (tertiary/aromatic N) is 2. The zero-order valence-corrected chi connectivity index (χ0v) is 14.0. The lowest BCUT2D eigenvalue weighted by Gasteiger charge is -2.31. The van der Waals surface area contributed by atoms with Gasteiger partial charge in [-0.3, -0.25) is 4.98 Å². The first-order valence-corrected chi connectivity index (χ1v) is 9.14. The van der Waals surface area contributed by atoms with Gasteiger partial charge in [0, 0.05) is 22.9 Å². The van der Waals surface area contributed by atoms with E-state index in [0.29, 0.717) is 4.47 Å². The van der Waals surface area contributed by atoms with Gasteiger partial charge in [0.15, 0.2) is 0 Å². The van der Waals surface area contributed by atoms with Gasteiger partial charge in [0.05, 0.1) is 0 Å². The lowest BCUT2D eigenvalue weighted by Crippen LogP contribution is -2.44. The molecule has 0 radical (unpaired) electrons. The quantitative estimate of drug-likeness (QED) is 0.870. The lowest BCUT2D eigenvalue weighted by atomic mass is 10.1. The van der Waals surface area contributed by atoms with E-state index in [-0.39, 0.29) is 10.9 Å². The van der Waals surface area contributed by atoms with Gasteiger partial charge in [-0.25, -0.2) is 13.1 Å². The van der Waals surface area contributed by atoms with Crippen molar-refractivity contribution in [3.05, 3.63) is 22.9 Å². The highest BCUT2D eigenvalue weighted by molar-refractivity contribution is 9.10. The van der Waals surface area contributed by atoms with E-state index in [4.69, 9.17) is 0 Å². The van der Waals surface area contributed by atoms with Crippen molar-refractivity contribution in [3.63, 3.8) is 0 Å². The van der Waals surface area contributed by atoms with Crippen molar-refractivity contribution in [2.75, 3.05) is 19.6 Å². The SMILES string of the molecule is CCCN1CCC(NS(=O)(=O)c2cncc(Br)c2)CC1. The maximum absolute atomic E-state index is 12.3. The summed E-state index contributed by atoms with van der Waals surface area (Å²) in [5.41, 5.74) is 0. The Morgan fingerprint density at radius 2 is 2.10 bits per heavy atom. The first-order valence-electron chi connectivity index (χ1n) is 6.86. The topological polar surface area (TPSA) is 62.3 Å². The Morgan fingerprint density at radius 3 is 2.70 bits per heavy atom. The summed E-state index contributed by atoms with van der Waals surface area (Å²) in [7, 11) is -3.47. The van der Waals surface area contributed by atoms with E-state index in [9.17, 15) is 8.42 Å². The number of nitrogens with one attached hydrogen (secondary N) is 1. The second-order valence-corrected chi connectivity index (χ2v) is 7.71. The van der Waals surface area contributed by atoms with Crippen LogP contribution in [0, 0.1) is 0 Å². The molecule has 1 fully saturated rings. The molecule has 0 atom stereocenters. The van der Waals surface area contributed by atoms with Crippen molar-refractivity contribution in [1.82, 2.24) is 14.6 Å². The van der Waals surface area contributed by atoms with Gasteiger partial charge < -0.3 is 4.90 Å². The molecule has 0 saturated carbocycles. The van der Waals surface area contributed by atoms with Crippen LogP contribution in [0.1, 0.15) is 26.2 Å². The molecule has 0 unspecified atom stereocenters. The summed E-state index contributed by atoms with van der Waals surface area (Å²) in [6, 6.07) is 1.59. The fourth-order valence-electron chi connectivity index (χ4n) is 2.42. The molecule has 0 spiro atoms. The summed E-state index contributed by atoms with van der Waals surface area (Å²) >= 11 is 3.24. The normalized spacial score (nSPS) is 18.3. The van der Waals surface area contributed by atoms with E-state index in [2.05, 4.69) is 37.5 Å². The van der Waals surface area contributed by atoms with Gasteiger partial charge in [-0.05, 0) is 60.9 Å². The minimum Gasteiger partial charge on any atom is -0.303 e. The highest BCUT2D eigenvalue weighted by Gasteiger charge is 2.24. The zero-order valence-electron chi connectivity index (χ0n) is 11.5. The van der Waals surface area contributed by atoms with Crippen LogP contribution in [0.15, 0.2) is 27.8 Å². The fourth-order valence-corrected chi connectivity index (χ4v) is 4.23. The second kappa shape index (κ2) is 6.98. The Morgan fingerprint density at radius 1 is 1.40 bits per heavy atom. The van der Waals surface area contributed by atoms with Gasteiger partial charge in [-0.1, -0.05) is 6.92 Å². The van der Waals surface area contributed by atoms with Gasteiger partial charge in [0.1, 0.15) is 4.90 Å². The Bertz CT molecular complexity index is 542. The van der Waals surface area contributed by atoms with Gasteiger partial charge in [-0.2, -0.15) is 0 Å². The maximum Gasteiger partial charge on any atom is 0.242 e. The molecule has 0 amide bonds. The molecule has 1 aliphatic rings. The average molecular weight is 362 g/mol. The number of sulfonamides is 1. The largest absolute Gasteiger partial charge is 0.303 e. The minimum atomic E-state index is -3.47. The van der Waals surface area contributed by atoms with Crippen LogP contribution in [0.4, 0.5) is 0 Å². The fraction of sp³-hybridized carbons (Fsp3) is 0.615. The number of rotatable bonds is 5. The number of hydrogen-bond donors (Lipinski definition) is 1. The predicted octanol–water partition coefficient (Wildman–Crippen LogP) is 2.00. The van der Waals surface area contributed by atoms with Crippen LogP contribution in [0.5, 0.6) is 0 Å². The standard InChI is InChI=1S/C13H20BrN3O2S/c1-2-5-17-6-3-12(4-7-17)16-20(18,19)13-8-11(14)9-15-10-13/h8-10,12,16H,2-7H2,1H3. The number of aromatic nitrogens is 1. The van der Waals surface area contributed by atoms with E-state index in [0.717, 1.165) is 38.9 Å². The van der Waals surface area contributed by atoms with Crippen molar-refractivity contribution in [1.29, 1.82) is 0 Å². The molecule has 5 nitrogen and oxygen atoms in total. The van der Waals surface area contributed by atoms with Gasteiger partial charge in [-0.15, -0.1) is 0 Å². The molecule has 7 heteroatoms. The van der Waals surface area contributed by atoms with Crippen molar-refractivity contribution in [2.45, 2.75) is 37.1 Å². The zero-order chi connectivity index (χ0) is 14.6. The third-order valence-electron chi connectivity index (χ3n) is 3.44. The third-order valence-corrected chi connectivity index (χ3v) is 5.36. The van der Waals surface area contributed by atoms with E-state index in [1.807, 2.05) is 0 Å². The molecule has 20 heavy (non-hydrogen) atoms. The van der Waals surface area contributed by atoms with Crippen molar-refractivity contribution in [2.24, 2.45) is 0 Å². The minimum absolute atomic E-state index is 0.0205. The molecular formula is C13H20BrN3O2S. The van der Waals surface area contributed by atoms with Crippen molar-refractivity contribution < 1.29 is 8.42 Å². The number of halogens is 1. The van der Waals surface area contributed by atoms with Gasteiger partial charge in [0.2, 0.25) is 10.0 Å². The Labute approximate surface area is 129 Å². The Balaban J connectivity index is 1.96. The average Bonchev–Trinajstić information content (AvgIpc) is 2.41. The van der Waals surface area contributed by atoms with E-state index >= 15 is 0 Å². The lowest BCUT2D eigenvalue weighted by molar-refractivity contribution is 0.208. The summed E-state index contributed by atoms with van der Waals surface area (Å²) in [6.07, 6.45) is 5.81. The molecule has 1 aliphatic heterocycles. The molecule has 0 aliphatic carbocycles. The van der Waals surface area contributed by atoms with Crippen molar-refractivity contribution in [3.8, 4) is 0 Å². The number of likely N-dealkylation sites (tertiary alicyclic amines) is 1. The highest BCUT2D eigenvalue weighted by atomic mass is 79.9. The first-order chi connectivity index (χ1) is 9.51. The molecule has 0 aromatic carbocycles. The van der Waals surface area contributed by atoms with Crippen LogP contribution in [-0.2, 0) is 10.0 Å². The summed E-state index contributed by atoms with van der Waals surface area (Å²) in [6.45, 7) is 5.17. The molecule has 2 heterocycles. The Kier molecular flexibility index (Phi) is 5.54. The number of piperidine rings is 1. The van der Waals surface area contributed by atoms with E-state index in [1.165, 1.54) is 6.20 Å². The van der Waals surface area contributed by atoms with E-state index < -0.39 is 10.0 Å². The summed E-state index contributed by atoms with van der Waals surface area (Å²) in [5, 5.41) is 0. The van der Waals surface area contributed by atoms with Gasteiger partial charge in [0.25, 0.3) is 0 Å². The predicted molar refractivity (Wildman–Crippen MR) is 82.0 cm³/mol. The molecule has 112 valence electrons. The maximum atomic E-state index is 12.3. The first kappa shape index (κ1) is 15.9. The summed E-state index contributed by atoms with van der Waals surface area (Å²) in [4.78, 5) is 6.50.